The molecule has 0 aromatic carbocycles. The summed E-state index contributed by atoms with van der Waals surface area (Å²) >= 11 is 0. The topological polar surface area (TPSA) is 78.9 Å². The fourth-order valence-electron chi connectivity index (χ4n) is 11.7. The first-order valence-corrected chi connectivity index (χ1v) is 37.8. The molecule has 0 aliphatic carbocycles. The van der Waals surface area contributed by atoms with Crippen LogP contribution in [0.4, 0.5) is 0 Å². The van der Waals surface area contributed by atoms with Crippen LogP contribution in [-0.4, -0.2) is 37.2 Å². The predicted molar refractivity (Wildman–Crippen MR) is 363 cm³/mol. The van der Waals surface area contributed by atoms with Crippen LogP contribution in [0.2, 0.25) is 0 Å². The van der Waals surface area contributed by atoms with Gasteiger partial charge in [-0.05, 0) is 70.6 Å². The number of esters is 3. The predicted octanol–water partition coefficient (Wildman–Crippen LogP) is 26.1. The zero-order chi connectivity index (χ0) is 59.9. The lowest BCUT2D eigenvalue weighted by Gasteiger charge is -2.18. The summed E-state index contributed by atoms with van der Waals surface area (Å²) in [7, 11) is 0. The molecule has 0 radical (unpaired) electrons. The van der Waals surface area contributed by atoms with Crippen molar-refractivity contribution in [2.75, 3.05) is 13.2 Å². The second-order valence-corrected chi connectivity index (χ2v) is 25.9. The van der Waals surface area contributed by atoms with Crippen LogP contribution in [0.15, 0.2) is 24.3 Å². The summed E-state index contributed by atoms with van der Waals surface area (Å²) in [6.07, 6.45) is 89.6. The van der Waals surface area contributed by atoms with E-state index < -0.39 is 6.10 Å². The van der Waals surface area contributed by atoms with Crippen LogP contribution in [0, 0.1) is 0 Å². The molecule has 1 atom stereocenters. The minimum Gasteiger partial charge on any atom is -0.462 e. The standard InChI is InChI=1S/C77H146O6/c1-4-7-10-13-16-19-22-24-26-28-30-32-33-34-35-36-37-38-39-40-41-42-43-45-46-48-50-52-55-58-61-64-67-70-76(79)82-73-74(72-81-75(78)69-66-63-60-57-54-21-18-15-12-9-6-3)83-77(80)71-68-65-62-59-56-53-51-49-47-44-31-29-27-25-23-20-17-14-11-8-5-2/h28-31,74H,4-27,32-73H2,1-3H3/b30-28-,31-29-. The number of ether oxygens (including phenoxy) is 3. The summed E-state index contributed by atoms with van der Waals surface area (Å²) in [4.78, 5) is 38.4. The highest BCUT2D eigenvalue weighted by atomic mass is 16.6. The maximum atomic E-state index is 12.9. The largest absolute Gasteiger partial charge is 0.462 e. The lowest BCUT2D eigenvalue weighted by molar-refractivity contribution is -0.167. The highest BCUT2D eigenvalue weighted by Gasteiger charge is 2.20. The number of allylic oxidation sites excluding steroid dienone is 4. The van der Waals surface area contributed by atoms with Gasteiger partial charge in [-0.2, -0.15) is 0 Å². The Morgan fingerprint density at radius 3 is 0.602 bits per heavy atom. The molecule has 0 aromatic rings. The van der Waals surface area contributed by atoms with Crippen molar-refractivity contribution in [2.24, 2.45) is 0 Å². The molecular formula is C77H146O6. The summed E-state index contributed by atoms with van der Waals surface area (Å²) in [5, 5.41) is 0. The van der Waals surface area contributed by atoms with Gasteiger partial charge in [0.2, 0.25) is 0 Å². The van der Waals surface area contributed by atoms with Crippen LogP contribution < -0.4 is 0 Å². The molecule has 0 bridgehead atoms. The van der Waals surface area contributed by atoms with E-state index in [1.165, 1.54) is 334 Å². The maximum absolute atomic E-state index is 12.9. The van der Waals surface area contributed by atoms with Crippen LogP contribution in [0.1, 0.15) is 432 Å². The molecule has 83 heavy (non-hydrogen) atoms. The van der Waals surface area contributed by atoms with Crippen molar-refractivity contribution in [2.45, 2.75) is 438 Å². The van der Waals surface area contributed by atoms with Crippen molar-refractivity contribution in [3.63, 3.8) is 0 Å². The highest BCUT2D eigenvalue weighted by Crippen LogP contribution is 2.19. The number of hydrogen-bond donors (Lipinski definition) is 0. The zero-order valence-electron chi connectivity index (χ0n) is 56.5. The minimum absolute atomic E-state index is 0.0653. The van der Waals surface area contributed by atoms with E-state index in [2.05, 4.69) is 45.1 Å². The molecule has 6 nitrogen and oxygen atoms in total. The van der Waals surface area contributed by atoms with E-state index in [-0.39, 0.29) is 31.1 Å². The number of carbonyl (C=O) groups excluding carboxylic acids is 3. The molecule has 0 heterocycles. The van der Waals surface area contributed by atoms with E-state index in [4.69, 9.17) is 14.2 Å². The number of rotatable bonds is 71. The van der Waals surface area contributed by atoms with Crippen molar-refractivity contribution in [3.05, 3.63) is 24.3 Å². The van der Waals surface area contributed by atoms with Crippen LogP contribution in [0.25, 0.3) is 0 Å². The Morgan fingerprint density at radius 1 is 0.229 bits per heavy atom. The molecule has 0 aliphatic heterocycles. The Hall–Kier alpha value is -2.11. The Balaban J connectivity index is 4.07. The van der Waals surface area contributed by atoms with E-state index in [9.17, 15) is 14.4 Å². The van der Waals surface area contributed by atoms with E-state index in [1.807, 2.05) is 0 Å². The van der Waals surface area contributed by atoms with Gasteiger partial charge in [-0.1, -0.05) is 366 Å². The van der Waals surface area contributed by atoms with Crippen molar-refractivity contribution in [1.29, 1.82) is 0 Å². The normalized spacial score (nSPS) is 12.1. The average molecular weight is 1170 g/mol. The molecular weight excluding hydrogens is 1020 g/mol. The molecule has 0 rings (SSSR count). The summed E-state index contributed by atoms with van der Waals surface area (Å²) in [5.41, 5.74) is 0. The third-order valence-electron chi connectivity index (χ3n) is 17.4. The van der Waals surface area contributed by atoms with E-state index >= 15 is 0 Å². The molecule has 0 fully saturated rings. The second kappa shape index (κ2) is 72.4. The van der Waals surface area contributed by atoms with Crippen molar-refractivity contribution < 1.29 is 28.6 Å². The Labute approximate surface area is 519 Å². The van der Waals surface area contributed by atoms with Gasteiger partial charge in [0.25, 0.3) is 0 Å². The first-order chi connectivity index (χ1) is 41.0. The Kier molecular flexibility index (Phi) is 70.5. The number of hydrogen-bond acceptors (Lipinski definition) is 6. The molecule has 0 aliphatic rings. The molecule has 0 saturated carbocycles. The van der Waals surface area contributed by atoms with Crippen LogP contribution in [0.3, 0.4) is 0 Å². The van der Waals surface area contributed by atoms with Crippen LogP contribution in [-0.2, 0) is 28.6 Å². The summed E-state index contributed by atoms with van der Waals surface area (Å²) < 4.78 is 17.0. The molecule has 0 saturated heterocycles. The van der Waals surface area contributed by atoms with Gasteiger partial charge in [-0.3, -0.25) is 14.4 Å². The molecule has 490 valence electrons. The minimum atomic E-state index is -0.769. The van der Waals surface area contributed by atoms with Gasteiger partial charge in [0.05, 0.1) is 0 Å². The monoisotopic (exact) mass is 1170 g/mol. The number of carbonyl (C=O) groups is 3. The van der Waals surface area contributed by atoms with E-state index in [1.54, 1.807) is 0 Å². The number of unbranched alkanes of at least 4 members (excludes halogenated alkanes) is 56. The van der Waals surface area contributed by atoms with Crippen molar-refractivity contribution in [1.82, 2.24) is 0 Å². The van der Waals surface area contributed by atoms with Gasteiger partial charge >= 0.3 is 17.9 Å². The van der Waals surface area contributed by atoms with Crippen molar-refractivity contribution >= 4 is 17.9 Å². The van der Waals surface area contributed by atoms with Gasteiger partial charge in [-0.25, -0.2) is 0 Å². The smallest absolute Gasteiger partial charge is 0.306 e. The lowest BCUT2D eigenvalue weighted by Crippen LogP contribution is -2.30. The van der Waals surface area contributed by atoms with E-state index in [0.29, 0.717) is 19.3 Å². The third kappa shape index (κ3) is 70.5. The quantitative estimate of drug-likeness (QED) is 0.0261. The maximum Gasteiger partial charge on any atom is 0.306 e. The van der Waals surface area contributed by atoms with Crippen LogP contribution >= 0.6 is 0 Å². The SMILES string of the molecule is CCCCCCCCCC/C=C\CCCCCCCCCCCCCCCCCCCCCCCC(=O)OCC(COC(=O)CCCCCCCCCCCCC)OC(=O)CCCCCCCCCCC/C=C\CCCCCCCCCC. The highest BCUT2D eigenvalue weighted by molar-refractivity contribution is 5.71. The Morgan fingerprint density at radius 2 is 0.398 bits per heavy atom. The molecule has 0 aromatic heterocycles. The van der Waals surface area contributed by atoms with Crippen molar-refractivity contribution in [3.8, 4) is 0 Å². The first kappa shape index (κ1) is 80.9. The van der Waals surface area contributed by atoms with Gasteiger partial charge in [0.1, 0.15) is 13.2 Å². The molecule has 0 amide bonds. The summed E-state index contributed by atoms with van der Waals surface area (Å²) in [6.45, 7) is 6.71. The molecule has 1 unspecified atom stereocenters. The molecule has 6 heteroatoms. The fraction of sp³-hybridized carbons (Fsp3) is 0.909. The molecule has 0 N–H and O–H groups in total. The van der Waals surface area contributed by atoms with Gasteiger partial charge in [0.15, 0.2) is 6.10 Å². The molecule has 0 spiro atoms. The Bertz CT molecular complexity index is 1340. The van der Waals surface area contributed by atoms with Gasteiger partial charge < -0.3 is 14.2 Å². The summed E-state index contributed by atoms with van der Waals surface area (Å²) in [6, 6.07) is 0. The summed E-state index contributed by atoms with van der Waals surface area (Å²) in [5.74, 6) is -0.835. The second-order valence-electron chi connectivity index (χ2n) is 25.9. The first-order valence-electron chi connectivity index (χ1n) is 37.8. The van der Waals surface area contributed by atoms with E-state index in [0.717, 1.165) is 57.8 Å². The lowest BCUT2D eigenvalue weighted by atomic mass is 10.0. The third-order valence-corrected chi connectivity index (χ3v) is 17.4. The van der Waals surface area contributed by atoms with Crippen LogP contribution in [0.5, 0.6) is 0 Å². The average Bonchev–Trinajstić information content (AvgIpc) is 3.48. The van der Waals surface area contributed by atoms with Gasteiger partial charge in [0, 0.05) is 19.3 Å². The van der Waals surface area contributed by atoms with Gasteiger partial charge in [-0.15, -0.1) is 0 Å². The fourth-order valence-corrected chi connectivity index (χ4v) is 11.7. The zero-order valence-corrected chi connectivity index (χ0v) is 56.5.